The number of hydrogen-bond acceptors (Lipinski definition) is 4. The van der Waals surface area contributed by atoms with Crippen LogP contribution in [-0.4, -0.2) is 15.5 Å². The van der Waals surface area contributed by atoms with Gasteiger partial charge < -0.3 is 5.32 Å². The zero-order valence-corrected chi connectivity index (χ0v) is 11.2. The van der Waals surface area contributed by atoms with E-state index in [1.807, 2.05) is 0 Å². The second-order valence-corrected chi connectivity index (χ2v) is 4.86. The van der Waals surface area contributed by atoms with Crippen molar-refractivity contribution in [1.29, 1.82) is 0 Å². The van der Waals surface area contributed by atoms with Crippen LogP contribution >= 0.6 is 39.1 Å². The van der Waals surface area contributed by atoms with Crippen LogP contribution in [0.5, 0.6) is 0 Å². The molecule has 1 amide bonds. The number of carbonyl (C=O) groups is 1. The third kappa shape index (κ3) is 2.80. The standard InChI is InChI=1S/C9H4BrClFN3OS/c10-5-1-4(12)2-6(11)8(5)13-9(16)7-3-17-15-14-7/h1-3H,(H,13,16). The van der Waals surface area contributed by atoms with E-state index in [4.69, 9.17) is 11.6 Å². The number of amides is 1. The van der Waals surface area contributed by atoms with Crippen LogP contribution in [0.15, 0.2) is 22.0 Å². The van der Waals surface area contributed by atoms with E-state index in [1.54, 1.807) is 0 Å². The predicted octanol–water partition coefficient (Wildman–Crippen LogP) is 3.35. The summed E-state index contributed by atoms with van der Waals surface area (Å²) in [6.07, 6.45) is 0. The highest BCUT2D eigenvalue weighted by molar-refractivity contribution is 9.10. The number of nitrogens with zero attached hydrogens (tertiary/aromatic N) is 2. The van der Waals surface area contributed by atoms with Crippen LogP contribution in [0.25, 0.3) is 0 Å². The van der Waals surface area contributed by atoms with E-state index < -0.39 is 11.7 Å². The molecule has 0 radical (unpaired) electrons. The SMILES string of the molecule is O=C(Nc1c(Cl)cc(F)cc1Br)c1csnn1. The first-order valence-corrected chi connectivity index (χ1v) is 6.31. The molecule has 1 aromatic heterocycles. The molecule has 2 aromatic rings. The summed E-state index contributed by atoms with van der Waals surface area (Å²) >= 11 is 10.0. The lowest BCUT2D eigenvalue weighted by atomic mass is 10.3. The zero-order chi connectivity index (χ0) is 12.4. The molecule has 4 nitrogen and oxygen atoms in total. The van der Waals surface area contributed by atoms with Crippen molar-refractivity contribution in [1.82, 2.24) is 9.59 Å². The average Bonchev–Trinajstić information content (AvgIpc) is 2.76. The molecule has 0 fully saturated rings. The third-order valence-corrected chi connectivity index (χ3v) is 3.27. The highest BCUT2D eigenvalue weighted by atomic mass is 79.9. The molecule has 1 N–H and O–H groups in total. The van der Waals surface area contributed by atoms with Gasteiger partial charge in [-0.25, -0.2) is 4.39 Å². The molecule has 0 aliphatic rings. The minimum atomic E-state index is -0.491. The van der Waals surface area contributed by atoms with Gasteiger partial charge in [-0.05, 0) is 39.6 Å². The van der Waals surface area contributed by atoms with Crippen LogP contribution in [0.2, 0.25) is 5.02 Å². The molecule has 17 heavy (non-hydrogen) atoms. The minimum Gasteiger partial charge on any atom is -0.318 e. The largest absolute Gasteiger partial charge is 0.318 e. The summed E-state index contributed by atoms with van der Waals surface area (Å²) in [6, 6.07) is 2.32. The van der Waals surface area contributed by atoms with Crippen molar-refractivity contribution in [2.24, 2.45) is 0 Å². The Balaban J connectivity index is 2.28. The van der Waals surface area contributed by atoms with Crippen LogP contribution in [0.1, 0.15) is 10.5 Å². The number of halogens is 3. The van der Waals surface area contributed by atoms with Gasteiger partial charge in [-0.3, -0.25) is 4.79 Å². The normalized spacial score (nSPS) is 10.3. The van der Waals surface area contributed by atoms with E-state index >= 15 is 0 Å². The van der Waals surface area contributed by atoms with Crippen LogP contribution in [0.4, 0.5) is 10.1 Å². The number of rotatable bonds is 2. The lowest BCUT2D eigenvalue weighted by Gasteiger charge is -2.08. The zero-order valence-electron chi connectivity index (χ0n) is 8.08. The molecule has 0 unspecified atom stereocenters. The molecular formula is C9H4BrClFN3OS. The average molecular weight is 337 g/mol. The maximum atomic E-state index is 13.0. The third-order valence-electron chi connectivity index (χ3n) is 1.84. The van der Waals surface area contributed by atoms with Crippen LogP contribution in [0.3, 0.4) is 0 Å². The fourth-order valence-corrected chi connectivity index (χ4v) is 2.44. The van der Waals surface area contributed by atoms with Gasteiger partial charge >= 0.3 is 0 Å². The Morgan fingerprint density at radius 3 is 2.88 bits per heavy atom. The van der Waals surface area contributed by atoms with Crippen molar-refractivity contribution in [3.8, 4) is 0 Å². The highest BCUT2D eigenvalue weighted by Gasteiger charge is 2.14. The maximum absolute atomic E-state index is 13.0. The fraction of sp³-hybridized carbons (Fsp3) is 0. The first-order valence-electron chi connectivity index (χ1n) is 4.31. The summed E-state index contributed by atoms with van der Waals surface area (Å²) in [6.45, 7) is 0. The summed E-state index contributed by atoms with van der Waals surface area (Å²) in [7, 11) is 0. The Bertz CT molecular complexity index is 540. The van der Waals surface area contributed by atoms with Crippen LogP contribution in [-0.2, 0) is 0 Å². The molecule has 2 rings (SSSR count). The van der Waals surface area contributed by atoms with E-state index in [9.17, 15) is 9.18 Å². The minimum absolute atomic E-state index is 0.105. The van der Waals surface area contributed by atoms with Gasteiger partial charge in [0.05, 0.1) is 10.7 Å². The summed E-state index contributed by atoms with van der Waals surface area (Å²) in [4.78, 5) is 11.7. The van der Waals surface area contributed by atoms with Gasteiger partial charge in [-0.2, -0.15) is 0 Å². The van der Waals surface area contributed by atoms with Gasteiger partial charge in [0, 0.05) is 9.85 Å². The fourth-order valence-electron chi connectivity index (χ4n) is 1.10. The molecule has 0 bridgehead atoms. The Kier molecular flexibility index (Phi) is 3.70. The number of anilines is 1. The number of benzene rings is 1. The number of nitrogens with one attached hydrogen (secondary N) is 1. The summed E-state index contributed by atoms with van der Waals surface area (Å²) in [5.74, 6) is -0.942. The molecule has 0 aliphatic carbocycles. The highest BCUT2D eigenvalue weighted by Crippen LogP contribution is 2.31. The summed E-state index contributed by atoms with van der Waals surface area (Å²) in [5.41, 5.74) is 0.480. The van der Waals surface area contributed by atoms with Gasteiger partial charge in [0.1, 0.15) is 5.82 Å². The number of carbonyl (C=O) groups excluding carboxylic acids is 1. The van der Waals surface area contributed by atoms with Crippen molar-refractivity contribution < 1.29 is 9.18 Å². The second kappa shape index (κ2) is 5.07. The molecule has 1 aromatic carbocycles. The predicted molar refractivity (Wildman–Crippen MR) is 67.0 cm³/mol. The Morgan fingerprint density at radius 2 is 2.29 bits per heavy atom. The first-order chi connectivity index (χ1) is 8.08. The molecule has 0 aliphatic heterocycles. The number of aromatic nitrogens is 2. The molecule has 0 atom stereocenters. The lowest BCUT2D eigenvalue weighted by molar-refractivity contribution is 0.102. The van der Waals surface area contributed by atoms with Crippen LogP contribution < -0.4 is 5.32 Å². The van der Waals surface area contributed by atoms with Gasteiger partial charge in [0.25, 0.3) is 5.91 Å². The van der Waals surface area contributed by atoms with Crippen molar-refractivity contribution in [2.45, 2.75) is 0 Å². The Hall–Kier alpha value is -1.05. The lowest BCUT2D eigenvalue weighted by Crippen LogP contribution is -2.13. The van der Waals surface area contributed by atoms with Crippen molar-refractivity contribution in [3.63, 3.8) is 0 Å². The number of hydrogen-bond donors (Lipinski definition) is 1. The van der Waals surface area contributed by atoms with Gasteiger partial charge in [0.2, 0.25) is 0 Å². The summed E-state index contributed by atoms with van der Waals surface area (Å²) in [5, 5.41) is 7.75. The molecule has 0 spiro atoms. The smallest absolute Gasteiger partial charge is 0.277 e. The molecule has 88 valence electrons. The van der Waals surface area contributed by atoms with E-state index in [0.29, 0.717) is 10.2 Å². The van der Waals surface area contributed by atoms with E-state index in [-0.39, 0.29) is 10.7 Å². The van der Waals surface area contributed by atoms with Crippen molar-refractivity contribution in [2.75, 3.05) is 5.32 Å². The van der Waals surface area contributed by atoms with Crippen LogP contribution in [0, 0.1) is 5.82 Å². The summed E-state index contributed by atoms with van der Waals surface area (Å²) < 4.78 is 16.9. The molecular weight excluding hydrogens is 333 g/mol. The van der Waals surface area contributed by atoms with Gasteiger partial charge in [-0.1, -0.05) is 16.1 Å². The van der Waals surface area contributed by atoms with Gasteiger partial charge in [0.15, 0.2) is 5.69 Å². The molecule has 1 heterocycles. The van der Waals surface area contributed by atoms with Crippen molar-refractivity contribution in [3.05, 3.63) is 38.5 Å². The van der Waals surface area contributed by atoms with E-state index in [0.717, 1.165) is 17.6 Å². The van der Waals surface area contributed by atoms with E-state index in [2.05, 4.69) is 30.8 Å². The first kappa shape index (κ1) is 12.4. The molecule has 0 saturated heterocycles. The Morgan fingerprint density at radius 1 is 1.53 bits per heavy atom. The Labute approximate surface area is 113 Å². The second-order valence-electron chi connectivity index (χ2n) is 2.99. The van der Waals surface area contributed by atoms with E-state index in [1.165, 1.54) is 11.4 Å². The van der Waals surface area contributed by atoms with Gasteiger partial charge in [-0.15, -0.1) is 5.10 Å². The molecule has 8 heteroatoms. The quantitative estimate of drug-likeness (QED) is 0.915. The monoisotopic (exact) mass is 335 g/mol. The topological polar surface area (TPSA) is 54.9 Å². The maximum Gasteiger partial charge on any atom is 0.277 e. The van der Waals surface area contributed by atoms with Crippen molar-refractivity contribution >= 4 is 50.7 Å². The molecule has 0 saturated carbocycles.